The van der Waals surface area contributed by atoms with Crippen LogP contribution in [0, 0.1) is 0 Å². The molecule has 0 aliphatic carbocycles. The standard InChI is InChI=1S/C18H22F4N2.C11H16F3N/c1-3-7-14(18(20,21)22)10-16(13(4-2)12-19)17-11-15-8-5-6-9-24(15)23-17;1-3-4-5-6-10(11(12,13)14)8-7-9(2)15/h4,7,10-11H,3,5-6,8-9,12H2,1-2H3;5-8H,3-4,15H2,1-2H3/b13-4-,14-7-,16-10+;6-5+,9-7+,10-8+. The number of allylic oxidation sites excluding steroid dienone is 12. The minimum absolute atomic E-state index is 0.207. The molecule has 3 nitrogen and oxygen atoms in total. The predicted molar refractivity (Wildman–Crippen MR) is 143 cm³/mol. The summed E-state index contributed by atoms with van der Waals surface area (Å²) in [7, 11) is 0. The second-order valence-corrected chi connectivity index (χ2v) is 8.99. The van der Waals surface area contributed by atoms with Gasteiger partial charge in [0.05, 0.1) is 16.8 Å². The number of hydrogen-bond donors (Lipinski definition) is 1. The molecule has 0 saturated heterocycles. The summed E-state index contributed by atoms with van der Waals surface area (Å²) in [6.45, 7) is 6.63. The lowest BCUT2D eigenvalue weighted by Crippen LogP contribution is -2.12. The van der Waals surface area contributed by atoms with E-state index in [2.05, 4.69) is 5.10 Å². The first kappa shape index (κ1) is 34.0. The van der Waals surface area contributed by atoms with E-state index in [1.54, 1.807) is 26.8 Å². The number of hydrogen-bond acceptors (Lipinski definition) is 2. The molecule has 1 aromatic heterocycles. The van der Waals surface area contributed by atoms with Crippen LogP contribution < -0.4 is 5.73 Å². The first-order chi connectivity index (χ1) is 18.3. The molecule has 39 heavy (non-hydrogen) atoms. The van der Waals surface area contributed by atoms with Gasteiger partial charge in [-0.25, -0.2) is 4.39 Å². The first-order valence-corrected chi connectivity index (χ1v) is 12.9. The minimum atomic E-state index is -4.48. The van der Waals surface area contributed by atoms with Crippen LogP contribution in [0.1, 0.15) is 71.2 Å². The first-order valence-electron chi connectivity index (χ1n) is 12.9. The lowest BCUT2D eigenvalue weighted by Gasteiger charge is -2.12. The maximum atomic E-state index is 13.4. The van der Waals surface area contributed by atoms with Gasteiger partial charge in [0.1, 0.15) is 6.67 Å². The minimum Gasteiger partial charge on any atom is -0.402 e. The van der Waals surface area contributed by atoms with Gasteiger partial charge in [0.25, 0.3) is 0 Å². The van der Waals surface area contributed by atoms with Crippen molar-refractivity contribution in [1.82, 2.24) is 9.78 Å². The van der Waals surface area contributed by atoms with Crippen molar-refractivity contribution < 1.29 is 30.7 Å². The zero-order valence-electron chi connectivity index (χ0n) is 22.9. The van der Waals surface area contributed by atoms with Gasteiger partial charge < -0.3 is 5.73 Å². The van der Waals surface area contributed by atoms with E-state index < -0.39 is 30.2 Å². The summed E-state index contributed by atoms with van der Waals surface area (Å²) in [5.41, 5.74) is 5.99. The SMILES string of the molecule is CCC/C=C/C(=C\C=C(/C)N)C(F)(F)F.C\C=C(CF)/C(=C\C(=C\CC)C(F)(F)F)c1cc2n(n1)CCCC2. The quantitative estimate of drug-likeness (QED) is 0.241. The molecule has 0 fully saturated rings. The molecule has 218 valence electrons. The van der Waals surface area contributed by atoms with E-state index in [1.165, 1.54) is 18.2 Å². The third-order valence-corrected chi connectivity index (χ3v) is 5.69. The summed E-state index contributed by atoms with van der Waals surface area (Å²) >= 11 is 0. The summed E-state index contributed by atoms with van der Waals surface area (Å²) in [5.74, 6) is 0. The van der Waals surface area contributed by atoms with Gasteiger partial charge in [-0.15, -0.1) is 0 Å². The number of fused-ring (bicyclic) bond motifs is 1. The molecule has 1 aliphatic heterocycles. The Bertz CT molecular complexity index is 1070. The number of aryl methyl sites for hydroxylation is 2. The van der Waals surface area contributed by atoms with Gasteiger partial charge in [0, 0.05) is 23.5 Å². The highest BCUT2D eigenvalue weighted by molar-refractivity contribution is 5.79. The molecule has 1 aromatic rings. The fourth-order valence-corrected chi connectivity index (χ4v) is 3.66. The van der Waals surface area contributed by atoms with Crippen molar-refractivity contribution in [1.29, 1.82) is 0 Å². The molecule has 2 rings (SSSR count). The molecule has 0 bridgehead atoms. The van der Waals surface area contributed by atoms with Crippen molar-refractivity contribution in [2.45, 2.75) is 85.1 Å². The third kappa shape index (κ3) is 11.7. The average Bonchev–Trinajstić information content (AvgIpc) is 3.28. The molecule has 2 N–H and O–H groups in total. The summed E-state index contributed by atoms with van der Waals surface area (Å²) in [4.78, 5) is 0. The Hall–Kier alpha value is -3.04. The Morgan fingerprint density at radius 3 is 2.21 bits per heavy atom. The monoisotopic (exact) mass is 561 g/mol. The molecule has 1 aliphatic rings. The second-order valence-electron chi connectivity index (χ2n) is 8.99. The summed E-state index contributed by atoms with van der Waals surface area (Å²) in [5, 5.41) is 4.41. The van der Waals surface area contributed by atoms with Crippen molar-refractivity contribution in [3.8, 4) is 0 Å². The number of aromatic nitrogens is 2. The molecular weight excluding hydrogens is 523 g/mol. The number of rotatable bonds is 9. The molecule has 0 spiro atoms. The molecule has 0 atom stereocenters. The van der Waals surface area contributed by atoms with Gasteiger partial charge >= 0.3 is 12.4 Å². The molecule has 0 radical (unpaired) electrons. The highest BCUT2D eigenvalue weighted by Gasteiger charge is 2.33. The number of unbranched alkanes of at least 4 members (excludes halogenated alkanes) is 1. The maximum absolute atomic E-state index is 13.4. The van der Waals surface area contributed by atoms with Crippen molar-refractivity contribution in [2.24, 2.45) is 5.73 Å². The molecule has 0 amide bonds. The zero-order valence-corrected chi connectivity index (χ0v) is 22.9. The summed E-state index contributed by atoms with van der Waals surface area (Å²) in [6, 6.07) is 1.78. The van der Waals surface area contributed by atoms with Crippen LogP contribution in [0.25, 0.3) is 5.57 Å². The van der Waals surface area contributed by atoms with Crippen LogP contribution in [0.3, 0.4) is 0 Å². The lowest BCUT2D eigenvalue weighted by atomic mass is 9.99. The van der Waals surface area contributed by atoms with Crippen LogP contribution in [0.4, 0.5) is 30.7 Å². The number of halogens is 7. The van der Waals surface area contributed by atoms with E-state index in [9.17, 15) is 30.7 Å². The molecule has 0 unspecified atom stereocenters. The lowest BCUT2D eigenvalue weighted by molar-refractivity contribution is -0.0891. The van der Waals surface area contributed by atoms with Crippen LogP contribution in [0.15, 0.2) is 71.0 Å². The van der Waals surface area contributed by atoms with E-state index in [4.69, 9.17) is 5.73 Å². The van der Waals surface area contributed by atoms with Gasteiger partial charge in [0.15, 0.2) is 0 Å². The number of nitrogens with zero attached hydrogens (tertiary/aromatic N) is 2. The molecule has 0 aromatic carbocycles. The van der Waals surface area contributed by atoms with Crippen molar-refractivity contribution in [2.75, 3.05) is 6.67 Å². The number of nitrogens with two attached hydrogens (primary N) is 1. The predicted octanol–water partition coefficient (Wildman–Crippen LogP) is 9.11. The highest BCUT2D eigenvalue weighted by atomic mass is 19.4. The van der Waals surface area contributed by atoms with Crippen molar-refractivity contribution >= 4 is 5.57 Å². The Labute approximate surface area is 226 Å². The van der Waals surface area contributed by atoms with Gasteiger partial charge in [-0.3, -0.25) is 4.68 Å². The summed E-state index contributed by atoms with van der Waals surface area (Å²) in [6.07, 6.45) is 4.26. The van der Waals surface area contributed by atoms with Crippen LogP contribution in [0.2, 0.25) is 0 Å². The largest absolute Gasteiger partial charge is 0.416 e. The van der Waals surface area contributed by atoms with E-state index in [1.807, 2.05) is 11.6 Å². The van der Waals surface area contributed by atoms with Gasteiger partial charge in [0.2, 0.25) is 0 Å². The van der Waals surface area contributed by atoms with E-state index in [-0.39, 0.29) is 17.6 Å². The van der Waals surface area contributed by atoms with Crippen molar-refractivity contribution in [3.05, 3.63) is 82.4 Å². The van der Waals surface area contributed by atoms with E-state index in [0.29, 0.717) is 17.8 Å². The Kier molecular flexibility index (Phi) is 14.1. The Morgan fingerprint density at radius 1 is 1.05 bits per heavy atom. The third-order valence-electron chi connectivity index (χ3n) is 5.69. The van der Waals surface area contributed by atoms with Gasteiger partial charge in [-0.2, -0.15) is 31.4 Å². The molecule has 0 saturated carbocycles. The zero-order chi connectivity index (χ0) is 29.6. The van der Waals surface area contributed by atoms with Gasteiger partial charge in [-0.05, 0) is 75.8 Å². The second kappa shape index (κ2) is 16.2. The average molecular weight is 562 g/mol. The van der Waals surface area contributed by atoms with Crippen molar-refractivity contribution in [3.63, 3.8) is 0 Å². The number of alkyl halides is 7. The Balaban J connectivity index is 0.000000439. The molecule has 10 heteroatoms. The molecular formula is C29H38F7N3. The normalized spacial score (nSPS) is 16.3. The maximum Gasteiger partial charge on any atom is 0.416 e. The van der Waals surface area contributed by atoms with E-state index >= 15 is 0 Å². The highest BCUT2D eigenvalue weighted by Crippen LogP contribution is 2.33. The van der Waals surface area contributed by atoms with Crippen LogP contribution >= 0.6 is 0 Å². The smallest absolute Gasteiger partial charge is 0.402 e. The van der Waals surface area contributed by atoms with Crippen LogP contribution in [-0.4, -0.2) is 28.8 Å². The summed E-state index contributed by atoms with van der Waals surface area (Å²) < 4.78 is 92.1. The Morgan fingerprint density at radius 2 is 1.72 bits per heavy atom. The fraction of sp³-hybridized carbons (Fsp3) is 0.483. The topological polar surface area (TPSA) is 43.8 Å². The van der Waals surface area contributed by atoms with Gasteiger partial charge in [-0.1, -0.05) is 44.6 Å². The molecule has 2 heterocycles. The van der Waals surface area contributed by atoms with E-state index in [0.717, 1.165) is 62.2 Å². The fourth-order valence-electron chi connectivity index (χ4n) is 3.66. The van der Waals surface area contributed by atoms with Crippen LogP contribution in [0.5, 0.6) is 0 Å². The van der Waals surface area contributed by atoms with Crippen LogP contribution in [-0.2, 0) is 13.0 Å².